The maximum absolute atomic E-state index is 12.4. The van der Waals surface area contributed by atoms with E-state index < -0.39 is 6.09 Å². The lowest BCUT2D eigenvalue weighted by Crippen LogP contribution is -2.55. The fraction of sp³-hybridized carbons (Fsp3) is 0.875. The first-order valence-electron chi connectivity index (χ1n) is 8.85. The van der Waals surface area contributed by atoms with Crippen molar-refractivity contribution in [2.45, 2.75) is 44.2 Å². The van der Waals surface area contributed by atoms with Gasteiger partial charge in [-0.05, 0) is 25.7 Å². The molecule has 0 atom stereocenters. The number of carbonyl (C=O) groups excluding carboxylic acids is 1. The number of piperazine rings is 1. The van der Waals surface area contributed by atoms with Gasteiger partial charge in [0.2, 0.25) is 5.91 Å². The molecule has 0 aromatic carbocycles. The van der Waals surface area contributed by atoms with E-state index in [1.165, 1.54) is 19.3 Å². The van der Waals surface area contributed by atoms with Gasteiger partial charge >= 0.3 is 6.09 Å². The number of rotatable bonds is 4. The van der Waals surface area contributed by atoms with Crippen LogP contribution >= 0.6 is 0 Å². The van der Waals surface area contributed by atoms with Crippen LogP contribution in [0.1, 0.15) is 32.1 Å². The summed E-state index contributed by atoms with van der Waals surface area (Å²) in [6.45, 7) is 5.79. The van der Waals surface area contributed by atoms with Crippen molar-refractivity contribution in [2.24, 2.45) is 0 Å². The van der Waals surface area contributed by atoms with Crippen molar-refractivity contribution in [2.75, 3.05) is 45.8 Å². The summed E-state index contributed by atoms with van der Waals surface area (Å²) in [7, 11) is 0. The molecule has 0 aromatic rings. The topological polar surface area (TPSA) is 76.1 Å². The fourth-order valence-electron chi connectivity index (χ4n) is 3.79. The summed E-state index contributed by atoms with van der Waals surface area (Å²) >= 11 is 0. The average Bonchev–Trinajstić information content (AvgIpc) is 2.48. The Kier molecular flexibility index (Phi) is 5.38. The molecule has 7 heteroatoms. The molecule has 3 rings (SSSR count). The Balaban J connectivity index is 1.36. The van der Waals surface area contributed by atoms with Crippen molar-refractivity contribution >= 4 is 12.0 Å². The number of nitrogens with one attached hydrogen (secondary N) is 1. The average molecular weight is 324 g/mol. The second-order valence-corrected chi connectivity index (χ2v) is 7.00. The van der Waals surface area contributed by atoms with Gasteiger partial charge in [-0.3, -0.25) is 14.6 Å². The minimum Gasteiger partial charge on any atom is -0.465 e. The summed E-state index contributed by atoms with van der Waals surface area (Å²) in [6.07, 6.45) is 4.63. The molecule has 1 aliphatic carbocycles. The van der Waals surface area contributed by atoms with E-state index in [1.807, 2.05) is 4.90 Å². The van der Waals surface area contributed by atoms with Crippen LogP contribution in [0.2, 0.25) is 0 Å². The number of hydrogen-bond donors (Lipinski definition) is 2. The molecule has 0 radical (unpaired) electrons. The Hall–Kier alpha value is -1.34. The quantitative estimate of drug-likeness (QED) is 0.784. The van der Waals surface area contributed by atoms with E-state index in [1.54, 1.807) is 0 Å². The Morgan fingerprint density at radius 1 is 0.957 bits per heavy atom. The first-order chi connectivity index (χ1) is 11.1. The molecule has 2 aliphatic heterocycles. The second kappa shape index (κ2) is 7.49. The number of piperidine rings is 1. The molecule has 7 nitrogen and oxygen atoms in total. The number of likely N-dealkylation sites (tertiary alicyclic amines) is 1. The molecule has 3 aliphatic rings. The summed E-state index contributed by atoms with van der Waals surface area (Å²) in [5, 5.41) is 11.3. The lowest BCUT2D eigenvalue weighted by molar-refractivity contribution is -0.135. The SMILES string of the molecule is O=C(O)NC1CCN(CC(=O)N2CCN(C3CCC3)CC2)CC1. The highest BCUT2D eigenvalue weighted by atomic mass is 16.4. The van der Waals surface area contributed by atoms with Crippen molar-refractivity contribution in [1.29, 1.82) is 0 Å². The smallest absolute Gasteiger partial charge is 0.404 e. The number of nitrogens with zero attached hydrogens (tertiary/aromatic N) is 3. The number of amides is 2. The van der Waals surface area contributed by atoms with Gasteiger partial charge in [0.1, 0.15) is 0 Å². The van der Waals surface area contributed by atoms with Gasteiger partial charge in [-0.15, -0.1) is 0 Å². The predicted molar refractivity (Wildman–Crippen MR) is 86.4 cm³/mol. The van der Waals surface area contributed by atoms with E-state index in [4.69, 9.17) is 5.11 Å². The molecule has 2 heterocycles. The zero-order valence-electron chi connectivity index (χ0n) is 13.7. The highest BCUT2D eigenvalue weighted by molar-refractivity contribution is 5.78. The van der Waals surface area contributed by atoms with Gasteiger partial charge in [-0.1, -0.05) is 6.42 Å². The molecule has 3 fully saturated rings. The normalized spacial score (nSPS) is 25.1. The molecule has 130 valence electrons. The molecule has 0 bridgehead atoms. The number of carbonyl (C=O) groups is 2. The first kappa shape index (κ1) is 16.5. The van der Waals surface area contributed by atoms with E-state index in [0.29, 0.717) is 6.54 Å². The summed E-state index contributed by atoms with van der Waals surface area (Å²) in [4.78, 5) is 29.8. The van der Waals surface area contributed by atoms with E-state index in [0.717, 1.165) is 58.2 Å². The molecule has 0 aromatic heterocycles. The largest absolute Gasteiger partial charge is 0.465 e. The fourth-order valence-corrected chi connectivity index (χ4v) is 3.79. The van der Waals surface area contributed by atoms with Gasteiger partial charge in [0.05, 0.1) is 6.54 Å². The maximum Gasteiger partial charge on any atom is 0.404 e. The maximum atomic E-state index is 12.4. The molecule has 0 unspecified atom stereocenters. The van der Waals surface area contributed by atoms with Crippen LogP contribution in [0.3, 0.4) is 0 Å². The summed E-state index contributed by atoms with van der Waals surface area (Å²) in [6, 6.07) is 0.804. The highest BCUT2D eigenvalue weighted by Crippen LogP contribution is 2.25. The molecule has 2 saturated heterocycles. The molecule has 1 saturated carbocycles. The third-order valence-corrected chi connectivity index (χ3v) is 5.53. The third-order valence-electron chi connectivity index (χ3n) is 5.53. The number of carboxylic acid groups (broad SMARTS) is 1. The van der Waals surface area contributed by atoms with Crippen molar-refractivity contribution < 1.29 is 14.7 Å². The molecular formula is C16H28N4O3. The van der Waals surface area contributed by atoms with Crippen molar-refractivity contribution in [3.8, 4) is 0 Å². The van der Waals surface area contributed by atoms with Gasteiger partial charge < -0.3 is 15.3 Å². The van der Waals surface area contributed by atoms with Crippen LogP contribution in [0, 0.1) is 0 Å². The first-order valence-corrected chi connectivity index (χ1v) is 8.85. The molecular weight excluding hydrogens is 296 g/mol. The van der Waals surface area contributed by atoms with Crippen LogP contribution in [0.25, 0.3) is 0 Å². The van der Waals surface area contributed by atoms with Crippen LogP contribution in [-0.2, 0) is 4.79 Å². The van der Waals surface area contributed by atoms with E-state index in [-0.39, 0.29) is 11.9 Å². The van der Waals surface area contributed by atoms with Crippen LogP contribution in [0.5, 0.6) is 0 Å². The second-order valence-electron chi connectivity index (χ2n) is 7.00. The summed E-state index contributed by atoms with van der Waals surface area (Å²) in [5.41, 5.74) is 0. The molecule has 2 N–H and O–H groups in total. The van der Waals surface area contributed by atoms with Crippen molar-refractivity contribution in [3.05, 3.63) is 0 Å². The van der Waals surface area contributed by atoms with Crippen LogP contribution < -0.4 is 5.32 Å². The van der Waals surface area contributed by atoms with E-state index in [2.05, 4.69) is 15.1 Å². The van der Waals surface area contributed by atoms with Crippen LogP contribution in [-0.4, -0.2) is 89.7 Å². The molecule has 2 amide bonds. The van der Waals surface area contributed by atoms with Crippen molar-refractivity contribution in [1.82, 2.24) is 20.0 Å². The van der Waals surface area contributed by atoms with Gasteiger partial charge in [0.15, 0.2) is 0 Å². The monoisotopic (exact) mass is 324 g/mol. The molecule has 0 spiro atoms. The Morgan fingerprint density at radius 3 is 2.13 bits per heavy atom. The van der Waals surface area contributed by atoms with Gasteiger partial charge in [-0.2, -0.15) is 0 Å². The lowest BCUT2D eigenvalue weighted by Gasteiger charge is -2.43. The van der Waals surface area contributed by atoms with E-state index >= 15 is 0 Å². The molecule has 23 heavy (non-hydrogen) atoms. The van der Waals surface area contributed by atoms with Crippen LogP contribution in [0.4, 0.5) is 4.79 Å². The minimum atomic E-state index is -0.955. The van der Waals surface area contributed by atoms with Crippen molar-refractivity contribution in [3.63, 3.8) is 0 Å². The summed E-state index contributed by atoms with van der Waals surface area (Å²) < 4.78 is 0. The zero-order valence-corrected chi connectivity index (χ0v) is 13.7. The standard InChI is InChI=1S/C16H28N4O3/c21-15(12-18-6-4-13(5-7-18)17-16(22)23)20-10-8-19(9-11-20)14-2-1-3-14/h13-14,17H,1-12H2,(H,22,23). The number of hydrogen-bond acceptors (Lipinski definition) is 4. The van der Waals surface area contributed by atoms with Crippen LogP contribution in [0.15, 0.2) is 0 Å². The predicted octanol–water partition coefficient (Wildman–Crippen LogP) is 0.415. The third kappa shape index (κ3) is 4.35. The summed E-state index contributed by atoms with van der Waals surface area (Å²) in [5.74, 6) is 0.225. The Morgan fingerprint density at radius 2 is 1.61 bits per heavy atom. The highest BCUT2D eigenvalue weighted by Gasteiger charge is 2.30. The Labute approximate surface area is 137 Å². The lowest BCUT2D eigenvalue weighted by atomic mass is 9.91. The van der Waals surface area contributed by atoms with E-state index in [9.17, 15) is 9.59 Å². The minimum absolute atomic E-state index is 0.0323. The van der Waals surface area contributed by atoms with Gasteiger partial charge in [0, 0.05) is 51.4 Å². The Bertz CT molecular complexity index is 425. The zero-order chi connectivity index (χ0) is 16.2. The van der Waals surface area contributed by atoms with Gasteiger partial charge in [0.25, 0.3) is 0 Å². The van der Waals surface area contributed by atoms with Gasteiger partial charge in [-0.25, -0.2) is 4.79 Å².